The van der Waals surface area contributed by atoms with Gasteiger partial charge in [-0.15, -0.1) is 0 Å². The molecule has 2 aliphatic rings. The molecular weight excluding hydrogens is 200 g/mol. The molecule has 3 nitrogen and oxygen atoms in total. The standard InChI is InChI=1S/C13H24N2O/c16-13-5-3-1-2-4-10-15(13)11-12-6-8-14-9-7-12/h12,14H,1-11H2. The lowest BCUT2D eigenvalue weighted by molar-refractivity contribution is -0.132. The van der Waals surface area contributed by atoms with Gasteiger partial charge in [0.05, 0.1) is 0 Å². The molecule has 92 valence electrons. The zero-order valence-corrected chi connectivity index (χ0v) is 10.2. The summed E-state index contributed by atoms with van der Waals surface area (Å²) >= 11 is 0. The molecule has 3 heteroatoms. The number of nitrogens with zero attached hydrogens (tertiary/aromatic N) is 1. The van der Waals surface area contributed by atoms with E-state index in [1.165, 1.54) is 32.1 Å². The molecule has 0 saturated carbocycles. The van der Waals surface area contributed by atoms with Gasteiger partial charge in [-0.1, -0.05) is 12.8 Å². The molecule has 2 aliphatic heterocycles. The Balaban J connectivity index is 1.82. The number of amides is 1. The molecule has 2 saturated heterocycles. The van der Waals surface area contributed by atoms with Gasteiger partial charge in [0.1, 0.15) is 0 Å². The SMILES string of the molecule is O=C1CCCCCCN1CC1CCNCC1. The number of carbonyl (C=O) groups is 1. The molecule has 1 amide bonds. The number of hydrogen-bond donors (Lipinski definition) is 1. The predicted molar refractivity (Wildman–Crippen MR) is 65.3 cm³/mol. The topological polar surface area (TPSA) is 32.3 Å². The van der Waals surface area contributed by atoms with Crippen LogP contribution in [-0.2, 0) is 4.79 Å². The van der Waals surface area contributed by atoms with Crippen LogP contribution in [0.15, 0.2) is 0 Å². The number of piperidine rings is 1. The molecule has 16 heavy (non-hydrogen) atoms. The number of nitrogens with one attached hydrogen (secondary N) is 1. The van der Waals surface area contributed by atoms with Gasteiger partial charge in [0.2, 0.25) is 5.91 Å². The summed E-state index contributed by atoms with van der Waals surface area (Å²) in [6, 6.07) is 0. The van der Waals surface area contributed by atoms with Crippen molar-refractivity contribution in [3.05, 3.63) is 0 Å². The number of carbonyl (C=O) groups excluding carboxylic acids is 1. The Hall–Kier alpha value is -0.570. The predicted octanol–water partition coefficient (Wildman–Crippen LogP) is 1.78. The molecule has 2 fully saturated rings. The largest absolute Gasteiger partial charge is 0.342 e. The fourth-order valence-electron chi connectivity index (χ4n) is 2.78. The van der Waals surface area contributed by atoms with Gasteiger partial charge in [-0.25, -0.2) is 0 Å². The second-order valence-electron chi connectivity index (χ2n) is 5.20. The summed E-state index contributed by atoms with van der Waals surface area (Å²) in [5, 5.41) is 3.38. The highest BCUT2D eigenvalue weighted by Gasteiger charge is 2.21. The summed E-state index contributed by atoms with van der Waals surface area (Å²) in [5.41, 5.74) is 0. The molecular formula is C13H24N2O. The first-order valence-electron chi connectivity index (χ1n) is 6.85. The van der Waals surface area contributed by atoms with E-state index < -0.39 is 0 Å². The average Bonchev–Trinajstić information content (AvgIpc) is 2.30. The molecule has 0 aliphatic carbocycles. The number of hydrogen-bond acceptors (Lipinski definition) is 2. The fourth-order valence-corrected chi connectivity index (χ4v) is 2.78. The minimum absolute atomic E-state index is 0.401. The molecule has 0 unspecified atom stereocenters. The van der Waals surface area contributed by atoms with Crippen molar-refractivity contribution < 1.29 is 4.79 Å². The van der Waals surface area contributed by atoms with Crippen LogP contribution in [-0.4, -0.2) is 37.0 Å². The van der Waals surface area contributed by atoms with E-state index in [0.717, 1.165) is 44.9 Å². The van der Waals surface area contributed by atoms with Crippen molar-refractivity contribution in [2.45, 2.75) is 44.9 Å². The number of likely N-dealkylation sites (tertiary alicyclic amines) is 1. The maximum absolute atomic E-state index is 12.0. The van der Waals surface area contributed by atoms with Crippen LogP contribution in [0.4, 0.5) is 0 Å². The molecule has 0 aromatic heterocycles. The van der Waals surface area contributed by atoms with Gasteiger partial charge in [-0.3, -0.25) is 4.79 Å². The molecule has 0 atom stereocenters. The highest BCUT2D eigenvalue weighted by Crippen LogP contribution is 2.17. The van der Waals surface area contributed by atoms with E-state index >= 15 is 0 Å². The van der Waals surface area contributed by atoms with E-state index in [1.807, 2.05) is 0 Å². The zero-order chi connectivity index (χ0) is 11.2. The smallest absolute Gasteiger partial charge is 0.222 e. The average molecular weight is 224 g/mol. The molecule has 0 spiro atoms. The first-order valence-corrected chi connectivity index (χ1v) is 6.85. The van der Waals surface area contributed by atoms with Gasteiger partial charge in [-0.2, -0.15) is 0 Å². The third kappa shape index (κ3) is 3.48. The van der Waals surface area contributed by atoms with E-state index in [0.29, 0.717) is 5.91 Å². The molecule has 0 aromatic carbocycles. The van der Waals surface area contributed by atoms with Crippen LogP contribution >= 0.6 is 0 Å². The van der Waals surface area contributed by atoms with Crippen LogP contribution in [0.5, 0.6) is 0 Å². The molecule has 1 N–H and O–H groups in total. The maximum Gasteiger partial charge on any atom is 0.222 e. The zero-order valence-electron chi connectivity index (χ0n) is 10.2. The van der Waals surface area contributed by atoms with Crippen molar-refractivity contribution in [1.29, 1.82) is 0 Å². The van der Waals surface area contributed by atoms with Gasteiger partial charge in [0.15, 0.2) is 0 Å². The van der Waals surface area contributed by atoms with Gasteiger partial charge in [0.25, 0.3) is 0 Å². The third-order valence-corrected chi connectivity index (χ3v) is 3.86. The molecule has 0 radical (unpaired) electrons. The van der Waals surface area contributed by atoms with Gasteiger partial charge in [-0.05, 0) is 44.7 Å². The van der Waals surface area contributed by atoms with Crippen LogP contribution in [0, 0.1) is 5.92 Å². The highest BCUT2D eigenvalue weighted by molar-refractivity contribution is 5.76. The first-order chi connectivity index (χ1) is 7.86. The van der Waals surface area contributed by atoms with E-state index in [-0.39, 0.29) is 0 Å². The van der Waals surface area contributed by atoms with Crippen molar-refractivity contribution in [3.8, 4) is 0 Å². The van der Waals surface area contributed by atoms with E-state index in [1.54, 1.807) is 0 Å². The quantitative estimate of drug-likeness (QED) is 0.775. The Labute approximate surface area is 98.6 Å². The monoisotopic (exact) mass is 224 g/mol. The van der Waals surface area contributed by atoms with Crippen molar-refractivity contribution in [2.24, 2.45) is 5.92 Å². The van der Waals surface area contributed by atoms with Crippen molar-refractivity contribution >= 4 is 5.91 Å². The second kappa shape index (κ2) is 6.24. The Morgan fingerprint density at radius 3 is 2.69 bits per heavy atom. The lowest BCUT2D eigenvalue weighted by Crippen LogP contribution is -2.40. The van der Waals surface area contributed by atoms with E-state index in [4.69, 9.17) is 0 Å². The lowest BCUT2D eigenvalue weighted by Gasteiger charge is -2.31. The molecule has 2 rings (SSSR count). The summed E-state index contributed by atoms with van der Waals surface area (Å²) in [7, 11) is 0. The van der Waals surface area contributed by atoms with E-state index in [9.17, 15) is 4.79 Å². The Morgan fingerprint density at radius 2 is 1.88 bits per heavy atom. The lowest BCUT2D eigenvalue weighted by atomic mass is 9.96. The normalized spacial score (nSPS) is 25.2. The Bertz CT molecular complexity index is 224. The summed E-state index contributed by atoms with van der Waals surface area (Å²) in [4.78, 5) is 14.1. The van der Waals surface area contributed by atoms with Crippen LogP contribution in [0.1, 0.15) is 44.9 Å². The fraction of sp³-hybridized carbons (Fsp3) is 0.923. The Morgan fingerprint density at radius 1 is 1.12 bits per heavy atom. The molecule has 0 aromatic rings. The van der Waals surface area contributed by atoms with E-state index in [2.05, 4.69) is 10.2 Å². The van der Waals surface area contributed by atoms with Crippen molar-refractivity contribution in [1.82, 2.24) is 10.2 Å². The van der Waals surface area contributed by atoms with Crippen molar-refractivity contribution in [3.63, 3.8) is 0 Å². The highest BCUT2D eigenvalue weighted by atomic mass is 16.2. The maximum atomic E-state index is 12.0. The van der Waals surface area contributed by atoms with Gasteiger partial charge in [0, 0.05) is 19.5 Å². The minimum atomic E-state index is 0.401. The summed E-state index contributed by atoms with van der Waals surface area (Å²) in [5.74, 6) is 1.14. The molecule has 0 bridgehead atoms. The van der Waals surface area contributed by atoms with Crippen molar-refractivity contribution in [2.75, 3.05) is 26.2 Å². The number of rotatable bonds is 2. The van der Waals surface area contributed by atoms with Crippen LogP contribution in [0.25, 0.3) is 0 Å². The molecule has 2 heterocycles. The van der Waals surface area contributed by atoms with Crippen LogP contribution in [0.3, 0.4) is 0 Å². The summed E-state index contributed by atoms with van der Waals surface area (Å²) in [6.07, 6.45) is 8.11. The van der Waals surface area contributed by atoms with Crippen LogP contribution < -0.4 is 5.32 Å². The summed E-state index contributed by atoms with van der Waals surface area (Å²) < 4.78 is 0. The third-order valence-electron chi connectivity index (χ3n) is 3.86. The van der Waals surface area contributed by atoms with Gasteiger partial charge >= 0.3 is 0 Å². The minimum Gasteiger partial charge on any atom is -0.342 e. The second-order valence-corrected chi connectivity index (χ2v) is 5.20. The Kier molecular flexibility index (Phi) is 4.64. The first kappa shape index (κ1) is 11.9. The summed E-state index contributed by atoms with van der Waals surface area (Å²) in [6.45, 7) is 4.28. The van der Waals surface area contributed by atoms with Crippen LogP contribution in [0.2, 0.25) is 0 Å². The van der Waals surface area contributed by atoms with Gasteiger partial charge < -0.3 is 10.2 Å².